The zero-order valence-corrected chi connectivity index (χ0v) is 11.8. The highest BCUT2D eigenvalue weighted by molar-refractivity contribution is 5.49. The maximum atomic E-state index is 13.8. The number of nitrogens with one attached hydrogen (secondary N) is 1. The van der Waals surface area contributed by atoms with Crippen molar-refractivity contribution in [3.05, 3.63) is 29.6 Å². The highest BCUT2D eigenvalue weighted by Gasteiger charge is 2.47. The fourth-order valence-corrected chi connectivity index (χ4v) is 3.78. The molecule has 1 N–H and O–H groups in total. The quantitative estimate of drug-likeness (QED) is 0.724. The van der Waals surface area contributed by atoms with Crippen LogP contribution in [0.4, 0.5) is 23.2 Å². The first-order chi connectivity index (χ1) is 9.91. The van der Waals surface area contributed by atoms with E-state index in [0.29, 0.717) is 0 Å². The zero-order valence-electron chi connectivity index (χ0n) is 11.8. The second kappa shape index (κ2) is 5.18. The van der Waals surface area contributed by atoms with Crippen LogP contribution >= 0.6 is 0 Å². The van der Waals surface area contributed by atoms with Crippen LogP contribution in [-0.2, 0) is 6.18 Å². The van der Waals surface area contributed by atoms with Gasteiger partial charge in [-0.1, -0.05) is 19.3 Å². The Morgan fingerprint density at radius 1 is 1.05 bits per heavy atom. The van der Waals surface area contributed by atoms with Gasteiger partial charge in [0.05, 0.1) is 11.3 Å². The van der Waals surface area contributed by atoms with Crippen molar-refractivity contribution in [2.24, 2.45) is 5.41 Å². The number of hydrogen-bond donors (Lipinski definition) is 1. The summed E-state index contributed by atoms with van der Waals surface area (Å²) >= 11 is 0. The second-order valence-corrected chi connectivity index (χ2v) is 6.35. The van der Waals surface area contributed by atoms with E-state index in [2.05, 4.69) is 5.32 Å². The summed E-state index contributed by atoms with van der Waals surface area (Å²) < 4.78 is 52.0. The largest absolute Gasteiger partial charge is 0.416 e. The Balaban J connectivity index is 1.78. The van der Waals surface area contributed by atoms with Gasteiger partial charge in [0.25, 0.3) is 0 Å². The third-order valence-electron chi connectivity index (χ3n) is 5.14. The molecule has 1 aromatic rings. The van der Waals surface area contributed by atoms with Gasteiger partial charge >= 0.3 is 6.18 Å². The average molecular weight is 301 g/mol. The van der Waals surface area contributed by atoms with Gasteiger partial charge in [-0.05, 0) is 49.3 Å². The van der Waals surface area contributed by atoms with Gasteiger partial charge in [0, 0.05) is 6.04 Å². The van der Waals surface area contributed by atoms with Gasteiger partial charge in [0.1, 0.15) is 5.82 Å². The molecular weight excluding hydrogens is 282 g/mol. The monoisotopic (exact) mass is 301 g/mol. The number of alkyl halides is 3. The van der Waals surface area contributed by atoms with Gasteiger partial charge in [-0.2, -0.15) is 13.2 Å². The molecule has 1 unspecified atom stereocenters. The molecule has 2 aliphatic carbocycles. The predicted octanol–water partition coefficient (Wildman–Crippen LogP) is 5.37. The number of benzene rings is 1. The first-order valence-corrected chi connectivity index (χ1v) is 7.54. The van der Waals surface area contributed by atoms with Crippen molar-refractivity contribution in [2.75, 3.05) is 5.32 Å². The summed E-state index contributed by atoms with van der Waals surface area (Å²) in [4.78, 5) is 0. The first kappa shape index (κ1) is 14.7. The zero-order chi connectivity index (χ0) is 15.1. The van der Waals surface area contributed by atoms with Crippen LogP contribution in [0, 0.1) is 11.2 Å². The molecule has 0 bridgehead atoms. The molecule has 0 aromatic heterocycles. The Morgan fingerprint density at radius 3 is 2.33 bits per heavy atom. The molecule has 0 heterocycles. The van der Waals surface area contributed by atoms with E-state index in [1.807, 2.05) is 0 Å². The maximum Gasteiger partial charge on any atom is 0.416 e. The van der Waals surface area contributed by atoms with Crippen LogP contribution in [0.5, 0.6) is 0 Å². The van der Waals surface area contributed by atoms with E-state index in [9.17, 15) is 17.6 Å². The minimum Gasteiger partial charge on any atom is -0.379 e. The van der Waals surface area contributed by atoms with Crippen LogP contribution < -0.4 is 5.32 Å². The molecule has 1 atom stereocenters. The van der Waals surface area contributed by atoms with E-state index in [4.69, 9.17) is 0 Å². The lowest BCUT2D eigenvalue weighted by Crippen LogP contribution is -2.50. The predicted molar refractivity (Wildman–Crippen MR) is 73.6 cm³/mol. The summed E-state index contributed by atoms with van der Waals surface area (Å²) in [5.74, 6) is -0.610. The first-order valence-electron chi connectivity index (χ1n) is 7.54. The van der Waals surface area contributed by atoms with Crippen molar-refractivity contribution in [1.29, 1.82) is 0 Å². The Labute approximate surface area is 121 Å². The molecule has 3 rings (SSSR count). The van der Waals surface area contributed by atoms with Crippen LogP contribution in [0.15, 0.2) is 18.2 Å². The summed E-state index contributed by atoms with van der Waals surface area (Å²) in [6.45, 7) is 0. The number of halogens is 4. The van der Waals surface area contributed by atoms with E-state index >= 15 is 0 Å². The molecule has 116 valence electrons. The number of hydrogen-bond acceptors (Lipinski definition) is 1. The van der Waals surface area contributed by atoms with E-state index in [-0.39, 0.29) is 17.1 Å². The Bertz CT molecular complexity index is 517. The Kier molecular flexibility index (Phi) is 3.62. The van der Waals surface area contributed by atoms with E-state index in [0.717, 1.165) is 43.9 Å². The van der Waals surface area contributed by atoms with Gasteiger partial charge in [-0.3, -0.25) is 0 Å². The minimum absolute atomic E-state index is 0.0144. The summed E-state index contributed by atoms with van der Waals surface area (Å²) in [7, 11) is 0. The molecule has 1 nitrogen and oxygen atoms in total. The van der Waals surface area contributed by atoms with Crippen molar-refractivity contribution < 1.29 is 17.6 Å². The molecule has 5 heteroatoms. The summed E-state index contributed by atoms with van der Waals surface area (Å²) in [6, 6.07) is 2.69. The van der Waals surface area contributed by atoms with Gasteiger partial charge < -0.3 is 5.32 Å². The van der Waals surface area contributed by atoms with Crippen molar-refractivity contribution in [2.45, 2.75) is 57.2 Å². The lowest BCUT2D eigenvalue weighted by atomic mass is 9.57. The molecule has 0 amide bonds. The average Bonchev–Trinajstić information content (AvgIpc) is 2.45. The normalized spacial score (nSPS) is 24.7. The topological polar surface area (TPSA) is 12.0 Å². The maximum absolute atomic E-state index is 13.8. The van der Waals surface area contributed by atoms with E-state index in [1.165, 1.54) is 19.3 Å². The van der Waals surface area contributed by atoms with Crippen molar-refractivity contribution in [3.8, 4) is 0 Å². The molecule has 2 saturated carbocycles. The van der Waals surface area contributed by atoms with Gasteiger partial charge in [-0.15, -0.1) is 0 Å². The summed E-state index contributed by atoms with van der Waals surface area (Å²) in [5.41, 5.74) is -0.637. The highest BCUT2D eigenvalue weighted by Crippen LogP contribution is 2.52. The molecule has 0 saturated heterocycles. The van der Waals surface area contributed by atoms with Crippen molar-refractivity contribution in [1.82, 2.24) is 0 Å². The molecule has 21 heavy (non-hydrogen) atoms. The standard InChI is InChI=1S/C16H19F4N/c17-12-5-4-11(16(18,19)20)10-13(12)21-14-6-9-15(14)7-2-1-3-8-15/h4-5,10,14,21H,1-3,6-9H2. The Morgan fingerprint density at radius 2 is 1.76 bits per heavy atom. The van der Waals surface area contributed by atoms with Crippen molar-refractivity contribution >= 4 is 5.69 Å². The van der Waals surface area contributed by atoms with Crippen LogP contribution in [0.2, 0.25) is 0 Å². The molecule has 2 fully saturated rings. The fourth-order valence-electron chi connectivity index (χ4n) is 3.78. The molecule has 0 radical (unpaired) electrons. The molecule has 0 aliphatic heterocycles. The number of rotatable bonds is 2. The fraction of sp³-hybridized carbons (Fsp3) is 0.625. The van der Waals surface area contributed by atoms with Crippen LogP contribution in [0.25, 0.3) is 0 Å². The molecule has 1 aromatic carbocycles. The number of anilines is 1. The smallest absolute Gasteiger partial charge is 0.379 e. The van der Waals surface area contributed by atoms with Crippen LogP contribution in [0.3, 0.4) is 0 Å². The van der Waals surface area contributed by atoms with Gasteiger partial charge in [-0.25, -0.2) is 4.39 Å². The minimum atomic E-state index is -4.44. The Hall–Kier alpha value is -1.26. The molecular formula is C16H19F4N. The van der Waals surface area contributed by atoms with Crippen LogP contribution in [-0.4, -0.2) is 6.04 Å². The summed E-state index contributed by atoms with van der Waals surface area (Å²) in [6.07, 6.45) is 3.35. The highest BCUT2D eigenvalue weighted by atomic mass is 19.4. The SMILES string of the molecule is Fc1ccc(C(F)(F)F)cc1NC1CCC12CCCCC2. The van der Waals surface area contributed by atoms with E-state index in [1.54, 1.807) is 0 Å². The third-order valence-corrected chi connectivity index (χ3v) is 5.14. The van der Waals surface area contributed by atoms with Crippen molar-refractivity contribution in [3.63, 3.8) is 0 Å². The molecule has 2 aliphatic rings. The lowest BCUT2D eigenvalue weighted by molar-refractivity contribution is -0.137. The molecule has 1 spiro atoms. The van der Waals surface area contributed by atoms with Gasteiger partial charge in [0.15, 0.2) is 0 Å². The second-order valence-electron chi connectivity index (χ2n) is 6.35. The van der Waals surface area contributed by atoms with Crippen LogP contribution in [0.1, 0.15) is 50.5 Å². The van der Waals surface area contributed by atoms with Gasteiger partial charge in [0.2, 0.25) is 0 Å². The third kappa shape index (κ3) is 2.74. The van der Waals surface area contributed by atoms with E-state index < -0.39 is 17.6 Å². The summed E-state index contributed by atoms with van der Waals surface area (Å²) in [5, 5.41) is 3.04. The lowest BCUT2D eigenvalue weighted by Gasteiger charge is -2.52.